The molecule has 0 unspecified atom stereocenters. The van der Waals surface area contributed by atoms with E-state index in [-0.39, 0.29) is 24.9 Å². The lowest BCUT2D eigenvalue weighted by atomic mass is 10.3. The monoisotopic (exact) mass is 295 g/mol. The molecule has 0 spiro atoms. The first-order valence-corrected chi connectivity index (χ1v) is 6.72. The number of hydrogen-bond donors (Lipinski definition) is 0. The number of hydrogen-bond acceptors (Lipinski definition) is 5. The molecule has 0 saturated heterocycles. The summed E-state index contributed by atoms with van der Waals surface area (Å²) < 4.78 is 15.0. The maximum atomic E-state index is 12.0. The van der Waals surface area contributed by atoms with Crippen LogP contribution in [0.5, 0.6) is 11.5 Å². The van der Waals surface area contributed by atoms with Crippen molar-refractivity contribution in [1.82, 2.24) is 4.90 Å². The van der Waals surface area contributed by atoms with Crippen LogP contribution in [0.1, 0.15) is 13.3 Å². The maximum Gasteiger partial charge on any atom is 0.307 e. The van der Waals surface area contributed by atoms with Crippen molar-refractivity contribution in [1.29, 1.82) is 0 Å². The Morgan fingerprint density at radius 1 is 1.10 bits per heavy atom. The summed E-state index contributed by atoms with van der Waals surface area (Å²) in [5.41, 5.74) is 0. The third kappa shape index (κ3) is 5.72. The molecule has 1 aromatic carbocycles. The van der Waals surface area contributed by atoms with E-state index in [0.717, 1.165) is 5.75 Å². The molecule has 0 fully saturated rings. The van der Waals surface area contributed by atoms with Crippen LogP contribution in [0.3, 0.4) is 0 Å². The molecular weight excluding hydrogens is 274 g/mol. The Bertz CT molecular complexity index is 458. The molecule has 0 aliphatic carbocycles. The summed E-state index contributed by atoms with van der Waals surface area (Å²) in [7, 11) is 2.91. The molecule has 1 amide bonds. The second kappa shape index (κ2) is 8.84. The highest BCUT2D eigenvalue weighted by molar-refractivity contribution is 5.78. The summed E-state index contributed by atoms with van der Waals surface area (Å²) in [5, 5.41) is 0. The van der Waals surface area contributed by atoms with Crippen molar-refractivity contribution in [2.75, 3.05) is 33.9 Å². The summed E-state index contributed by atoms with van der Waals surface area (Å²) >= 11 is 0. The van der Waals surface area contributed by atoms with Gasteiger partial charge in [0.05, 0.1) is 20.6 Å². The molecule has 1 rings (SSSR count). The molecule has 0 aliphatic heterocycles. The molecule has 6 heteroatoms. The summed E-state index contributed by atoms with van der Waals surface area (Å²) in [6.07, 6.45) is 0.179. The van der Waals surface area contributed by atoms with Gasteiger partial charge < -0.3 is 19.1 Å². The first kappa shape index (κ1) is 16.8. The van der Waals surface area contributed by atoms with E-state index in [9.17, 15) is 9.59 Å². The second-order valence-electron chi connectivity index (χ2n) is 4.26. The molecule has 0 heterocycles. The summed E-state index contributed by atoms with van der Waals surface area (Å²) in [5.74, 6) is 0.810. The minimum absolute atomic E-state index is 0.0681. The quantitative estimate of drug-likeness (QED) is 0.680. The fraction of sp³-hybridized carbons (Fsp3) is 0.467. The first-order chi connectivity index (χ1) is 10.1. The van der Waals surface area contributed by atoms with E-state index in [1.807, 2.05) is 6.92 Å². The lowest BCUT2D eigenvalue weighted by Crippen LogP contribution is -2.36. The van der Waals surface area contributed by atoms with Crippen LogP contribution in [0.4, 0.5) is 0 Å². The third-order valence-corrected chi connectivity index (χ3v) is 2.97. The number of methoxy groups -OCH3 is 2. The fourth-order valence-electron chi connectivity index (χ4n) is 1.70. The van der Waals surface area contributed by atoms with Crippen molar-refractivity contribution < 1.29 is 23.8 Å². The number of benzene rings is 1. The van der Waals surface area contributed by atoms with E-state index >= 15 is 0 Å². The number of nitrogens with zero attached hydrogens (tertiary/aromatic N) is 1. The molecule has 0 aromatic heterocycles. The molecule has 6 nitrogen and oxygen atoms in total. The van der Waals surface area contributed by atoms with Crippen molar-refractivity contribution in [2.24, 2.45) is 0 Å². The standard InChI is InChI=1S/C15H21NO5/c1-4-16(10-9-15(18)20-3)14(17)11-21-13-7-5-12(19-2)6-8-13/h5-8H,4,9-11H2,1-3H3. The number of carbonyl (C=O) groups excluding carboxylic acids is 2. The van der Waals surface area contributed by atoms with Crippen molar-refractivity contribution in [3.05, 3.63) is 24.3 Å². The van der Waals surface area contributed by atoms with Gasteiger partial charge in [0.15, 0.2) is 6.61 Å². The van der Waals surface area contributed by atoms with Crippen molar-refractivity contribution in [2.45, 2.75) is 13.3 Å². The Labute approximate surface area is 124 Å². The predicted molar refractivity (Wildman–Crippen MR) is 77.4 cm³/mol. The normalized spacial score (nSPS) is 9.86. The number of rotatable bonds is 8. The van der Waals surface area contributed by atoms with Crippen LogP contribution in [0, 0.1) is 0 Å². The summed E-state index contributed by atoms with van der Waals surface area (Å²) in [4.78, 5) is 24.6. The Morgan fingerprint density at radius 2 is 1.71 bits per heavy atom. The van der Waals surface area contributed by atoms with Crippen molar-refractivity contribution >= 4 is 11.9 Å². The average molecular weight is 295 g/mol. The van der Waals surface area contributed by atoms with E-state index in [4.69, 9.17) is 9.47 Å². The van der Waals surface area contributed by atoms with Gasteiger partial charge in [-0.25, -0.2) is 0 Å². The van der Waals surface area contributed by atoms with Crippen molar-refractivity contribution in [3.8, 4) is 11.5 Å². The lowest BCUT2D eigenvalue weighted by Gasteiger charge is -2.20. The highest BCUT2D eigenvalue weighted by Gasteiger charge is 2.14. The van der Waals surface area contributed by atoms with Crippen LogP contribution in [0.2, 0.25) is 0 Å². The van der Waals surface area contributed by atoms with E-state index in [2.05, 4.69) is 4.74 Å². The van der Waals surface area contributed by atoms with Gasteiger partial charge in [-0.3, -0.25) is 9.59 Å². The Morgan fingerprint density at radius 3 is 2.24 bits per heavy atom. The van der Waals surface area contributed by atoms with Crippen LogP contribution in [0.15, 0.2) is 24.3 Å². The molecule has 116 valence electrons. The van der Waals surface area contributed by atoms with Gasteiger partial charge in [-0.2, -0.15) is 0 Å². The van der Waals surface area contributed by atoms with Gasteiger partial charge in [0.25, 0.3) is 5.91 Å². The Hall–Kier alpha value is -2.24. The second-order valence-corrected chi connectivity index (χ2v) is 4.26. The molecule has 0 N–H and O–H groups in total. The van der Waals surface area contributed by atoms with Gasteiger partial charge in [0.2, 0.25) is 0 Å². The van der Waals surface area contributed by atoms with Crippen LogP contribution in [-0.4, -0.2) is 50.7 Å². The Kier molecular flexibility index (Phi) is 7.08. The SMILES string of the molecule is CCN(CCC(=O)OC)C(=O)COc1ccc(OC)cc1. The summed E-state index contributed by atoms with van der Waals surface area (Å²) in [6, 6.07) is 6.98. The minimum atomic E-state index is -0.336. The zero-order valence-electron chi connectivity index (χ0n) is 12.6. The molecule has 0 atom stereocenters. The number of ether oxygens (including phenoxy) is 3. The average Bonchev–Trinajstić information content (AvgIpc) is 2.53. The van der Waals surface area contributed by atoms with Crippen LogP contribution in [-0.2, 0) is 14.3 Å². The van der Waals surface area contributed by atoms with Gasteiger partial charge >= 0.3 is 5.97 Å². The first-order valence-electron chi connectivity index (χ1n) is 6.72. The zero-order valence-corrected chi connectivity index (χ0v) is 12.6. The highest BCUT2D eigenvalue weighted by Crippen LogP contribution is 2.16. The molecule has 0 aliphatic rings. The minimum Gasteiger partial charge on any atom is -0.497 e. The van der Waals surface area contributed by atoms with Gasteiger partial charge in [-0.1, -0.05) is 0 Å². The zero-order chi connectivity index (χ0) is 15.7. The van der Waals surface area contributed by atoms with E-state index in [1.54, 1.807) is 36.3 Å². The third-order valence-electron chi connectivity index (χ3n) is 2.97. The lowest BCUT2D eigenvalue weighted by molar-refractivity contribution is -0.142. The molecule has 1 aromatic rings. The highest BCUT2D eigenvalue weighted by atomic mass is 16.5. The Balaban J connectivity index is 2.44. The van der Waals surface area contributed by atoms with Gasteiger partial charge in [-0.05, 0) is 31.2 Å². The largest absolute Gasteiger partial charge is 0.497 e. The molecule has 0 bridgehead atoms. The summed E-state index contributed by atoms with van der Waals surface area (Å²) in [6.45, 7) is 2.62. The van der Waals surface area contributed by atoms with Gasteiger partial charge in [0, 0.05) is 13.1 Å². The number of carbonyl (C=O) groups is 2. The number of likely N-dealkylation sites (N-methyl/N-ethyl adjacent to an activating group) is 1. The smallest absolute Gasteiger partial charge is 0.307 e. The van der Waals surface area contributed by atoms with Gasteiger partial charge in [0.1, 0.15) is 11.5 Å². The van der Waals surface area contributed by atoms with Crippen LogP contribution in [0.25, 0.3) is 0 Å². The fourth-order valence-corrected chi connectivity index (χ4v) is 1.70. The number of amides is 1. The van der Waals surface area contributed by atoms with Crippen LogP contribution < -0.4 is 9.47 Å². The molecule has 0 saturated carbocycles. The van der Waals surface area contributed by atoms with E-state index < -0.39 is 0 Å². The maximum absolute atomic E-state index is 12.0. The molecular formula is C15H21NO5. The van der Waals surface area contributed by atoms with E-state index in [0.29, 0.717) is 18.8 Å². The van der Waals surface area contributed by atoms with Crippen LogP contribution >= 0.6 is 0 Å². The number of esters is 1. The topological polar surface area (TPSA) is 65.1 Å². The van der Waals surface area contributed by atoms with E-state index in [1.165, 1.54) is 7.11 Å². The van der Waals surface area contributed by atoms with Gasteiger partial charge in [-0.15, -0.1) is 0 Å². The predicted octanol–water partition coefficient (Wildman–Crippen LogP) is 1.49. The van der Waals surface area contributed by atoms with Crippen molar-refractivity contribution in [3.63, 3.8) is 0 Å². The molecule has 21 heavy (non-hydrogen) atoms. The molecule has 0 radical (unpaired) electrons.